The van der Waals surface area contributed by atoms with Gasteiger partial charge in [0.1, 0.15) is 5.54 Å². The van der Waals surface area contributed by atoms with E-state index in [2.05, 4.69) is 5.32 Å². The number of carbonyl (C=O) groups is 1. The molecule has 1 fully saturated rings. The van der Waals surface area contributed by atoms with Gasteiger partial charge in [0.25, 0.3) is 0 Å². The second kappa shape index (κ2) is 4.39. The van der Waals surface area contributed by atoms with Crippen LogP contribution in [0, 0.1) is 5.92 Å². The molecule has 1 atom stereocenters. The van der Waals surface area contributed by atoms with Crippen molar-refractivity contribution in [3.63, 3.8) is 0 Å². The van der Waals surface area contributed by atoms with Crippen LogP contribution in [-0.4, -0.2) is 16.6 Å². The van der Waals surface area contributed by atoms with Gasteiger partial charge in [-0.25, -0.2) is 4.79 Å². The molecule has 1 aliphatic carbocycles. The van der Waals surface area contributed by atoms with Crippen molar-refractivity contribution in [1.82, 2.24) is 5.32 Å². The Balaban J connectivity index is 2.47. The number of aliphatic carboxylic acids is 1. The predicted molar refractivity (Wildman–Crippen MR) is 71.4 cm³/mol. The Morgan fingerprint density at radius 3 is 2.17 bits per heavy atom. The van der Waals surface area contributed by atoms with E-state index < -0.39 is 11.5 Å². The largest absolute Gasteiger partial charge is 0.480 e. The van der Waals surface area contributed by atoms with Gasteiger partial charge in [0.05, 0.1) is 0 Å². The molecule has 2 N–H and O–H groups in total. The second-order valence-electron chi connectivity index (χ2n) is 6.13. The molecule has 98 valence electrons. The third kappa shape index (κ3) is 2.41. The standard InChI is InChI=1S/C15H21NO2/c1-14(2,3)16-15(13(17)18,12-9-10-12)11-7-5-4-6-8-11/h4-8,12,16H,9-10H2,1-3H3,(H,17,18). The molecule has 0 aliphatic heterocycles. The van der Waals surface area contributed by atoms with Crippen molar-refractivity contribution in [2.45, 2.75) is 44.7 Å². The number of carboxylic acids is 1. The number of hydrogen-bond donors (Lipinski definition) is 2. The van der Waals surface area contributed by atoms with Gasteiger partial charge in [0, 0.05) is 5.54 Å². The van der Waals surface area contributed by atoms with Crippen LogP contribution in [0.3, 0.4) is 0 Å². The first-order valence-electron chi connectivity index (χ1n) is 6.44. The van der Waals surface area contributed by atoms with E-state index in [0.717, 1.165) is 18.4 Å². The summed E-state index contributed by atoms with van der Waals surface area (Å²) >= 11 is 0. The van der Waals surface area contributed by atoms with Crippen LogP contribution in [0.2, 0.25) is 0 Å². The molecular formula is C15H21NO2. The minimum atomic E-state index is -0.945. The highest BCUT2D eigenvalue weighted by Gasteiger charge is 2.53. The van der Waals surface area contributed by atoms with Gasteiger partial charge < -0.3 is 5.11 Å². The molecule has 0 saturated heterocycles. The zero-order chi connectivity index (χ0) is 13.4. The highest BCUT2D eigenvalue weighted by Crippen LogP contribution is 2.47. The topological polar surface area (TPSA) is 49.3 Å². The van der Waals surface area contributed by atoms with Crippen LogP contribution in [0.1, 0.15) is 39.2 Å². The summed E-state index contributed by atoms with van der Waals surface area (Å²) in [5.41, 5.74) is -0.328. The van der Waals surface area contributed by atoms with Crippen molar-refractivity contribution in [3.8, 4) is 0 Å². The van der Waals surface area contributed by atoms with Gasteiger partial charge in [-0.2, -0.15) is 0 Å². The first kappa shape index (κ1) is 13.1. The molecule has 0 bridgehead atoms. The van der Waals surface area contributed by atoms with Gasteiger partial charge in [-0.3, -0.25) is 5.32 Å². The van der Waals surface area contributed by atoms with E-state index in [4.69, 9.17) is 0 Å². The van der Waals surface area contributed by atoms with E-state index in [1.54, 1.807) is 0 Å². The molecule has 2 rings (SSSR count). The lowest BCUT2D eigenvalue weighted by Crippen LogP contribution is -2.58. The predicted octanol–water partition coefficient (Wildman–Crippen LogP) is 2.76. The van der Waals surface area contributed by atoms with Crippen molar-refractivity contribution < 1.29 is 9.90 Å². The summed E-state index contributed by atoms with van der Waals surface area (Å²) in [5.74, 6) is -0.581. The third-order valence-electron chi connectivity index (χ3n) is 3.33. The Kier molecular flexibility index (Phi) is 3.20. The maximum atomic E-state index is 11.9. The highest BCUT2D eigenvalue weighted by molar-refractivity contribution is 5.82. The first-order chi connectivity index (χ1) is 8.36. The summed E-state index contributed by atoms with van der Waals surface area (Å²) in [5, 5.41) is 13.1. The van der Waals surface area contributed by atoms with Crippen LogP contribution in [-0.2, 0) is 10.3 Å². The molecule has 0 heterocycles. The first-order valence-corrected chi connectivity index (χ1v) is 6.44. The van der Waals surface area contributed by atoms with E-state index >= 15 is 0 Å². The van der Waals surface area contributed by atoms with Gasteiger partial charge in [0.2, 0.25) is 0 Å². The summed E-state index contributed by atoms with van der Waals surface area (Å²) in [7, 11) is 0. The van der Waals surface area contributed by atoms with Crippen molar-refractivity contribution in [3.05, 3.63) is 35.9 Å². The average molecular weight is 247 g/mol. The molecule has 3 heteroatoms. The lowest BCUT2D eigenvalue weighted by molar-refractivity contribution is -0.147. The summed E-state index contributed by atoms with van der Waals surface area (Å²) in [6.07, 6.45) is 1.95. The minimum absolute atomic E-state index is 0.191. The maximum Gasteiger partial charge on any atom is 0.328 e. The third-order valence-corrected chi connectivity index (χ3v) is 3.33. The lowest BCUT2D eigenvalue weighted by atomic mass is 9.82. The lowest BCUT2D eigenvalue weighted by Gasteiger charge is -2.38. The fourth-order valence-electron chi connectivity index (χ4n) is 2.57. The monoisotopic (exact) mass is 247 g/mol. The maximum absolute atomic E-state index is 11.9. The van der Waals surface area contributed by atoms with Crippen LogP contribution in [0.25, 0.3) is 0 Å². The van der Waals surface area contributed by atoms with Crippen molar-refractivity contribution in [2.24, 2.45) is 5.92 Å². The van der Waals surface area contributed by atoms with Crippen molar-refractivity contribution in [2.75, 3.05) is 0 Å². The number of hydrogen-bond acceptors (Lipinski definition) is 2. The van der Waals surface area contributed by atoms with E-state index in [1.807, 2.05) is 51.1 Å². The molecule has 0 spiro atoms. The summed E-state index contributed by atoms with van der Waals surface area (Å²) in [6.45, 7) is 6.03. The zero-order valence-electron chi connectivity index (χ0n) is 11.2. The Labute approximate surface area is 108 Å². The molecule has 1 aromatic rings. The second-order valence-corrected chi connectivity index (χ2v) is 6.13. The van der Waals surface area contributed by atoms with E-state index in [-0.39, 0.29) is 11.5 Å². The highest BCUT2D eigenvalue weighted by atomic mass is 16.4. The summed E-state index contributed by atoms with van der Waals surface area (Å²) < 4.78 is 0. The molecule has 1 unspecified atom stereocenters. The molecule has 1 saturated carbocycles. The fraction of sp³-hybridized carbons (Fsp3) is 0.533. The smallest absolute Gasteiger partial charge is 0.328 e. The number of carboxylic acid groups (broad SMARTS) is 1. The van der Waals surface area contributed by atoms with Gasteiger partial charge in [-0.1, -0.05) is 30.3 Å². The Morgan fingerprint density at radius 2 is 1.78 bits per heavy atom. The molecule has 0 aromatic heterocycles. The van der Waals surface area contributed by atoms with E-state index in [9.17, 15) is 9.90 Å². The quantitative estimate of drug-likeness (QED) is 0.860. The molecule has 0 radical (unpaired) electrons. The number of nitrogens with one attached hydrogen (secondary N) is 1. The van der Waals surface area contributed by atoms with Crippen LogP contribution in [0.15, 0.2) is 30.3 Å². The van der Waals surface area contributed by atoms with Gasteiger partial charge >= 0.3 is 5.97 Å². The van der Waals surface area contributed by atoms with Crippen LogP contribution < -0.4 is 5.32 Å². The molecule has 3 nitrogen and oxygen atoms in total. The zero-order valence-corrected chi connectivity index (χ0v) is 11.2. The Bertz CT molecular complexity index is 432. The van der Waals surface area contributed by atoms with Crippen LogP contribution >= 0.6 is 0 Å². The molecule has 1 aliphatic rings. The Morgan fingerprint density at radius 1 is 1.22 bits per heavy atom. The van der Waals surface area contributed by atoms with Crippen molar-refractivity contribution in [1.29, 1.82) is 0 Å². The molecule has 1 aromatic carbocycles. The number of benzene rings is 1. The van der Waals surface area contributed by atoms with Crippen molar-refractivity contribution >= 4 is 5.97 Å². The molecule has 18 heavy (non-hydrogen) atoms. The van der Waals surface area contributed by atoms with Gasteiger partial charge in [-0.05, 0) is 45.1 Å². The number of rotatable bonds is 4. The SMILES string of the molecule is CC(C)(C)NC(C(=O)O)(c1ccccc1)C1CC1. The van der Waals surface area contributed by atoms with E-state index in [0.29, 0.717) is 0 Å². The van der Waals surface area contributed by atoms with Crippen LogP contribution in [0.4, 0.5) is 0 Å². The average Bonchev–Trinajstić information content (AvgIpc) is 3.09. The summed E-state index contributed by atoms with van der Waals surface area (Å²) in [6, 6.07) is 9.54. The van der Waals surface area contributed by atoms with E-state index in [1.165, 1.54) is 0 Å². The van der Waals surface area contributed by atoms with Crippen LogP contribution in [0.5, 0.6) is 0 Å². The molecule has 0 amide bonds. The summed E-state index contributed by atoms with van der Waals surface area (Å²) in [4.78, 5) is 11.9. The molecular weight excluding hydrogens is 226 g/mol. The normalized spacial score (nSPS) is 19.3. The fourth-order valence-corrected chi connectivity index (χ4v) is 2.57. The van der Waals surface area contributed by atoms with Gasteiger partial charge in [-0.15, -0.1) is 0 Å². The minimum Gasteiger partial charge on any atom is -0.480 e. The Hall–Kier alpha value is -1.35. The van der Waals surface area contributed by atoms with Gasteiger partial charge in [0.15, 0.2) is 0 Å².